The average Bonchev–Trinajstić information content (AvgIpc) is 3.61. The first-order valence-corrected chi connectivity index (χ1v) is 16.8. The number of aromatic amines is 2. The van der Waals surface area contributed by atoms with Crippen molar-refractivity contribution in [2.45, 2.75) is 89.8 Å². The standard InChI is InChI=1S/C36H48N6O5/c1-36(2,3)47-34(45)30(13-8-9-19-37)39-33(44)24(15-16-25-23-38-28-11-5-4-10-27(25)28)22-32(43)41-20-17-26(18-21-41)42-31-14-7-6-12-29(31)40-35(42)46/h4-7,10-12,14,23-24,26,30,38H,8-9,13,15-22,37H2,1-3H3,(H,39,44)(H,40,46). The molecule has 5 rings (SSSR count). The molecule has 0 bridgehead atoms. The molecule has 4 aromatic rings. The monoisotopic (exact) mass is 644 g/mol. The van der Waals surface area contributed by atoms with Crippen LogP contribution < -0.4 is 16.7 Å². The first-order valence-electron chi connectivity index (χ1n) is 16.8. The van der Waals surface area contributed by atoms with Crippen LogP contribution in [0, 0.1) is 5.92 Å². The number of carbonyl (C=O) groups is 3. The number of unbranched alkanes of at least 4 members (excludes halogenated alkanes) is 1. The van der Waals surface area contributed by atoms with Gasteiger partial charge in [-0.1, -0.05) is 30.3 Å². The van der Waals surface area contributed by atoms with Crippen molar-refractivity contribution < 1.29 is 19.1 Å². The summed E-state index contributed by atoms with van der Waals surface area (Å²) < 4.78 is 7.44. The fourth-order valence-corrected chi connectivity index (χ4v) is 6.55. The topological polar surface area (TPSA) is 155 Å². The summed E-state index contributed by atoms with van der Waals surface area (Å²) in [5.74, 6) is -1.57. The Morgan fingerprint density at radius 2 is 1.70 bits per heavy atom. The van der Waals surface area contributed by atoms with Crippen LogP contribution >= 0.6 is 0 Å². The Balaban J connectivity index is 1.29. The molecule has 5 N–H and O–H groups in total. The van der Waals surface area contributed by atoms with Gasteiger partial charge < -0.3 is 30.7 Å². The third-order valence-corrected chi connectivity index (χ3v) is 8.99. The van der Waals surface area contributed by atoms with Gasteiger partial charge in [0.1, 0.15) is 11.6 Å². The molecule has 1 saturated heterocycles. The zero-order valence-electron chi connectivity index (χ0n) is 27.7. The van der Waals surface area contributed by atoms with Crippen molar-refractivity contribution in [1.29, 1.82) is 0 Å². The normalized spacial score (nSPS) is 15.5. The van der Waals surface area contributed by atoms with E-state index < -0.39 is 23.5 Å². The lowest BCUT2D eigenvalue weighted by Crippen LogP contribution is -2.47. The second kappa shape index (κ2) is 15.0. The maximum atomic E-state index is 13.9. The molecule has 1 aliphatic heterocycles. The van der Waals surface area contributed by atoms with Crippen molar-refractivity contribution in [3.05, 3.63) is 70.8 Å². The number of fused-ring (bicyclic) bond motifs is 2. The van der Waals surface area contributed by atoms with Gasteiger partial charge in [0.2, 0.25) is 11.8 Å². The van der Waals surface area contributed by atoms with Crippen molar-refractivity contribution in [3.8, 4) is 0 Å². The Morgan fingerprint density at radius 1 is 1.00 bits per heavy atom. The number of aromatic nitrogens is 3. The minimum atomic E-state index is -0.829. The van der Waals surface area contributed by atoms with Crippen molar-refractivity contribution in [2.24, 2.45) is 11.7 Å². The van der Waals surface area contributed by atoms with E-state index in [1.54, 1.807) is 30.2 Å². The molecule has 0 saturated carbocycles. The molecule has 2 unspecified atom stereocenters. The third-order valence-electron chi connectivity index (χ3n) is 8.99. The maximum Gasteiger partial charge on any atom is 0.329 e. The summed E-state index contributed by atoms with van der Waals surface area (Å²) >= 11 is 0. The smallest absolute Gasteiger partial charge is 0.329 e. The molecule has 47 heavy (non-hydrogen) atoms. The second-order valence-corrected chi connectivity index (χ2v) is 13.6. The quantitative estimate of drug-likeness (QED) is 0.123. The van der Waals surface area contributed by atoms with Crippen LogP contribution in [0.15, 0.2) is 59.5 Å². The highest BCUT2D eigenvalue weighted by Crippen LogP contribution is 2.27. The molecule has 11 nitrogen and oxygen atoms in total. The number of ether oxygens (including phenoxy) is 1. The fraction of sp³-hybridized carbons (Fsp3) is 0.500. The lowest BCUT2D eigenvalue weighted by Gasteiger charge is -2.33. The third kappa shape index (κ3) is 8.51. The zero-order valence-corrected chi connectivity index (χ0v) is 27.7. The Morgan fingerprint density at radius 3 is 2.43 bits per heavy atom. The number of para-hydroxylation sites is 3. The van der Waals surface area contributed by atoms with E-state index in [4.69, 9.17) is 10.5 Å². The molecule has 11 heteroatoms. The summed E-state index contributed by atoms with van der Waals surface area (Å²) in [6.07, 6.45) is 6.07. The van der Waals surface area contributed by atoms with Gasteiger partial charge in [-0.3, -0.25) is 14.2 Å². The first-order chi connectivity index (χ1) is 22.5. The van der Waals surface area contributed by atoms with E-state index in [1.807, 2.05) is 54.7 Å². The number of amides is 2. The number of nitrogens with two attached hydrogens (primary N) is 1. The van der Waals surface area contributed by atoms with Gasteiger partial charge >= 0.3 is 11.7 Å². The van der Waals surface area contributed by atoms with E-state index in [2.05, 4.69) is 15.3 Å². The molecular weight excluding hydrogens is 596 g/mol. The molecule has 0 radical (unpaired) electrons. The van der Waals surface area contributed by atoms with E-state index >= 15 is 0 Å². The molecular formula is C36H48N6O5. The first kappa shape index (κ1) is 34.0. The van der Waals surface area contributed by atoms with Crippen LogP contribution in [0.4, 0.5) is 0 Å². The lowest BCUT2D eigenvalue weighted by atomic mass is 9.93. The van der Waals surface area contributed by atoms with Crippen LogP contribution in [0.5, 0.6) is 0 Å². The molecule has 2 atom stereocenters. The summed E-state index contributed by atoms with van der Waals surface area (Å²) in [6.45, 7) is 6.86. The lowest BCUT2D eigenvalue weighted by molar-refractivity contribution is -0.159. The van der Waals surface area contributed by atoms with Crippen LogP contribution in [-0.4, -0.2) is 68.5 Å². The van der Waals surface area contributed by atoms with Crippen LogP contribution in [0.1, 0.15) is 77.3 Å². The van der Waals surface area contributed by atoms with Gasteiger partial charge in [0, 0.05) is 48.6 Å². The number of benzene rings is 2. The van der Waals surface area contributed by atoms with Gasteiger partial charge in [0.25, 0.3) is 0 Å². The van der Waals surface area contributed by atoms with Crippen molar-refractivity contribution >= 4 is 39.7 Å². The highest BCUT2D eigenvalue weighted by Gasteiger charge is 2.32. The maximum absolute atomic E-state index is 13.9. The number of esters is 1. The number of rotatable bonds is 13. The Labute approximate surface area is 275 Å². The molecule has 0 spiro atoms. The van der Waals surface area contributed by atoms with Crippen molar-refractivity contribution in [3.63, 3.8) is 0 Å². The number of imidazole rings is 1. The van der Waals surface area contributed by atoms with E-state index in [0.29, 0.717) is 58.2 Å². The van der Waals surface area contributed by atoms with E-state index in [0.717, 1.165) is 33.9 Å². The van der Waals surface area contributed by atoms with Gasteiger partial charge in [0.05, 0.1) is 11.0 Å². The van der Waals surface area contributed by atoms with Gasteiger partial charge in [-0.2, -0.15) is 0 Å². The fourth-order valence-electron chi connectivity index (χ4n) is 6.55. The minimum absolute atomic E-state index is 0.0215. The van der Waals surface area contributed by atoms with Crippen molar-refractivity contribution in [2.75, 3.05) is 19.6 Å². The van der Waals surface area contributed by atoms with Gasteiger partial charge in [-0.05, 0) is 96.0 Å². The van der Waals surface area contributed by atoms with Crippen LogP contribution in [-0.2, 0) is 25.5 Å². The summed E-state index contributed by atoms with van der Waals surface area (Å²) in [5, 5.41) is 4.03. The minimum Gasteiger partial charge on any atom is -0.458 e. The van der Waals surface area contributed by atoms with E-state index in [-0.39, 0.29) is 30.0 Å². The highest BCUT2D eigenvalue weighted by atomic mass is 16.6. The van der Waals surface area contributed by atoms with Crippen molar-refractivity contribution in [1.82, 2.24) is 24.8 Å². The molecule has 0 aliphatic carbocycles. The summed E-state index contributed by atoms with van der Waals surface area (Å²) in [6, 6.07) is 14.8. The Kier molecular flexibility index (Phi) is 10.9. The van der Waals surface area contributed by atoms with E-state index in [1.165, 1.54) is 0 Å². The van der Waals surface area contributed by atoms with E-state index in [9.17, 15) is 19.2 Å². The second-order valence-electron chi connectivity index (χ2n) is 13.6. The number of carbonyl (C=O) groups excluding carboxylic acids is 3. The predicted molar refractivity (Wildman–Crippen MR) is 183 cm³/mol. The molecule has 2 aromatic heterocycles. The van der Waals surface area contributed by atoms with Crippen LogP contribution in [0.3, 0.4) is 0 Å². The molecule has 1 fully saturated rings. The van der Waals surface area contributed by atoms with Gasteiger partial charge in [-0.15, -0.1) is 0 Å². The summed E-state index contributed by atoms with van der Waals surface area (Å²) in [4.78, 5) is 61.5. The molecule has 2 aromatic carbocycles. The number of hydrogen-bond acceptors (Lipinski definition) is 6. The molecule has 252 valence electrons. The summed E-state index contributed by atoms with van der Waals surface area (Å²) in [5.41, 5.74) is 8.60. The van der Waals surface area contributed by atoms with Crippen LogP contribution in [0.25, 0.3) is 21.9 Å². The summed E-state index contributed by atoms with van der Waals surface area (Å²) in [7, 11) is 0. The zero-order chi connectivity index (χ0) is 33.6. The Bertz CT molecular complexity index is 1740. The number of piperidine rings is 1. The number of nitrogens with one attached hydrogen (secondary N) is 3. The predicted octanol–water partition coefficient (Wildman–Crippen LogP) is 4.57. The number of H-pyrrole nitrogens is 2. The molecule has 1 aliphatic rings. The van der Waals surface area contributed by atoms with Crippen LogP contribution in [0.2, 0.25) is 0 Å². The SMILES string of the molecule is CC(C)(C)OC(=O)C(CCCCN)NC(=O)C(CCc1c[nH]c2ccccc12)CC(=O)N1CCC(n2c(=O)[nH]c3ccccc32)CC1. The largest absolute Gasteiger partial charge is 0.458 e. The van der Waals surface area contributed by atoms with Gasteiger partial charge in [0.15, 0.2) is 0 Å². The highest BCUT2D eigenvalue weighted by molar-refractivity contribution is 5.89. The number of hydrogen-bond donors (Lipinski definition) is 4. The molecule has 2 amide bonds. The average molecular weight is 645 g/mol. The number of likely N-dealkylation sites (tertiary alicyclic amines) is 1. The number of nitrogens with zero attached hydrogens (tertiary/aromatic N) is 2. The van der Waals surface area contributed by atoms with Gasteiger partial charge in [-0.25, -0.2) is 9.59 Å². The Hall–Kier alpha value is -4.38. The number of aryl methyl sites for hydroxylation is 1. The molecule has 3 heterocycles.